The number of benzene rings is 2. The number of aliphatic imine (C=N–C) groups is 1. The lowest BCUT2D eigenvalue weighted by atomic mass is 10.0. The molecule has 2 aromatic rings. The normalized spacial score (nSPS) is 13.6. The summed E-state index contributed by atoms with van der Waals surface area (Å²) in [4.78, 5) is 55.1. The number of phenols is 2. The minimum Gasteiger partial charge on any atom is -0.508 e. The maximum absolute atomic E-state index is 13.4. The number of guanidine groups is 1. The summed E-state index contributed by atoms with van der Waals surface area (Å²) < 4.78 is 0. The fourth-order valence-corrected chi connectivity index (χ4v) is 3.99. The van der Waals surface area contributed by atoms with Crippen LogP contribution in [0.3, 0.4) is 0 Å². The molecule has 0 heterocycles. The molecule has 0 radical (unpaired) electrons. The zero-order chi connectivity index (χ0) is 31.2. The van der Waals surface area contributed by atoms with Crippen LogP contribution in [0.15, 0.2) is 53.5 Å². The highest BCUT2D eigenvalue weighted by Crippen LogP contribution is 2.14. The number of hydrogen-bond acceptors (Lipinski definition) is 9. The van der Waals surface area contributed by atoms with Gasteiger partial charge in [0.2, 0.25) is 17.7 Å². The van der Waals surface area contributed by atoms with Crippen LogP contribution in [0.25, 0.3) is 0 Å². The van der Waals surface area contributed by atoms with Crippen LogP contribution in [0.4, 0.5) is 0 Å². The molecule has 4 atom stereocenters. The number of hydrogen-bond donors (Lipinski definition) is 10. The standard InChI is InChI=1S/C27H37N7O7S/c28-19(14-42)23(37)32-20(2-1-11-31-27(29)30)24(38)33-21(12-15-3-7-17(35)8-4-15)25(39)34-22(26(40)41)13-16-5-9-18(36)10-6-16/h3-10,19-22,35-36,42H,1-2,11-14,28H2,(H,32,37)(H,33,38)(H,34,39)(H,40,41)(H4,29,30,31). The van der Waals surface area contributed by atoms with Gasteiger partial charge < -0.3 is 48.5 Å². The van der Waals surface area contributed by atoms with E-state index in [1.54, 1.807) is 12.1 Å². The first-order valence-corrected chi connectivity index (χ1v) is 13.6. The number of phenolic OH excluding ortho intramolecular Hbond substituents is 2. The van der Waals surface area contributed by atoms with Crippen molar-refractivity contribution >= 4 is 42.3 Å². The summed E-state index contributed by atoms with van der Waals surface area (Å²) in [5, 5.41) is 36.5. The third-order valence-electron chi connectivity index (χ3n) is 6.11. The first-order valence-electron chi connectivity index (χ1n) is 13.0. The SMILES string of the molecule is NC(N)=NCCCC(NC(=O)C(N)CS)C(=O)NC(Cc1ccc(O)cc1)C(=O)NC(Cc1ccc(O)cc1)C(=O)O. The van der Waals surface area contributed by atoms with Crippen LogP contribution >= 0.6 is 12.6 Å². The van der Waals surface area contributed by atoms with Gasteiger partial charge in [-0.3, -0.25) is 19.4 Å². The fourth-order valence-electron chi connectivity index (χ4n) is 3.82. The predicted molar refractivity (Wildman–Crippen MR) is 159 cm³/mol. The number of carbonyl (C=O) groups excluding carboxylic acids is 3. The number of carboxylic acids is 1. The first-order chi connectivity index (χ1) is 19.9. The molecule has 15 heteroatoms. The summed E-state index contributed by atoms with van der Waals surface area (Å²) in [5.41, 5.74) is 17.5. The lowest BCUT2D eigenvalue weighted by Crippen LogP contribution is -2.58. The van der Waals surface area contributed by atoms with E-state index in [2.05, 4.69) is 33.6 Å². The van der Waals surface area contributed by atoms with Crippen LogP contribution in [0, 0.1) is 0 Å². The van der Waals surface area contributed by atoms with Crippen molar-refractivity contribution in [2.24, 2.45) is 22.2 Å². The molecule has 0 aliphatic heterocycles. The Balaban J connectivity index is 2.28. The molecule has 0 bridgehead atoms. The van der Waals surface area contributed by atoms with Crippen LogP contribution < -0.4 is 33.2 Å². The number of aliphatic carboxylic acids is 1. The molecule has 42 heavy (non-hydrogen) atoms. The zero-order valence-electron chi connectivity index (χ0n) is 22.8. The number of nitrogens with two attached hydrogens (primary N) is 3. The quantitative estimate of drug-likeness (QED) is 0.0471. The molecule has 228 valence electrons. The summed E-state index contributed by atoms with van der Waals surface area (Å²) in [6, 6.07) is 7.01. The molecular weight excluding hydrogens is 566 g/mol. The third kappa shape index (κ3) is 11.5. The maximum Gasteiger partial charge on any atom is 0.326 e. The molecule has 12 N–H and O–H groups in total. The smallest absolute Gasteiger partial charge is 0.326 e. The number of amides is 3. The Morgan fingerprint density at radius 3 is 1.69 bits per heavy atom. The van der Waals surface area contributed by atoms with Gasteiger partial charge in [0.05, 0.1) is 6.04 Å². The largest absolute Gasteiger partial charge is 0.508 e. The molecule has 0 aliphatic carbocycles. The molecule has 4 unspecified atom stereocenters. The van der Waals surface area contributed by atoms with Crippen molar-refractivity contribution in [3.05, 3.63) is 59.7 Å². The summed E-state index contributed by atoms with van der Waals surface area (Å²) in [5.74, 6) is -3.57. The highest BCUT2D eigenvalue weighted by Gasteiger charge is 2.30. The molecule has 0 saturated carbocycles. The molecule has 14 nitrogen and oxygen atoms in total. The molecule has 2 rings (SSSR count). The number of aromatic hydroxyl groups is 2. The van der Waals surface area contributed by atoms with Crippen LogP contribution in [-0.4, -0.2) is 81.4 Å². The van der Waals surface area contributed by atoms with E-state index in [0.29, 0.717) is 17.5 Å². The molecule has 0 aliphatic rings. The van der Waals surface area contributed by atoms with E-state index in [4.69, 9.17) is 17.2 Å². The van der Waals surface area contributed by atoms with Gasteiger partial charge in [0, 0.05) is 25.1 Å². The highest BCUT2D eigenvalue weighted by atomic mass is 32.1. The van der Waals surface area contributed by atoms with Crippen LogP contribution in [0.1, 0.15) is 24.0 Å². The Morgan fingerprint density at radius 1 is 0.762 bits per heavy atom. The number of carbonyl (C=O) groups is 4. The van der Waals surface area contributed by atoms with Crippen molar-refractivity contribution in [3.63, 3.8) is 0 Å². The number of rotatable bonds is 16. The minimum atomic E-state index is -1.36. The van der Waals surface area contributed by atoms with Gasteiger partial charge in [-0.15, -0.1) is 0 Å². The lowest BCUT2D eigenvalue weighted by Gasteiger charge is -2.25. The van der Waals surface area contributed by atoms with Crippen molar-refractivity contribution in [1.82, 2.24) is 16.0 Å². The van der Waals surface area contributed by atoms with E-state index in [9.17, 15) is 34.5 Å². The Bertz CT molecular complexity index is 1240. The Labute approximate surface area is 248 Å². The second kappa shape index (κ2) is 16.7. The molecule has 0 spiro atoms. The van der Waals surface area contributed by atoms with E-state index in [1.165, 1.54) is 36.4 Å². The van der Waals surface area contributed by atoms with E-state index < -0.39 is 47.9 Å². The number of nitrogens with zero attached hydrogens (tertiary/aromatic N) is 1. The number of nitrogens with one attached hydrogen (secondary N) is 3. The van der Waals surface area contributed by atoms with Gasteiger partial charge in [-0.2, -0.15) is 12.6 Å². The van der Waals surface area contributed by atoms with Gasteiger partial charge in [0.1, 0.15) is 29.6 Å². The van der Waals surface area contributed by atoms with Gasteiger partial charge in [-0.25, -0.2) is 4.79 Å². The predicted octanol–water partition coefficient (Wildman–Crippen LogP) is -1.27. The molecule has 3 amide bonds. The summed E-state index contributed by atoms with van der Waals surface area (Å²) >= 11 is 4.01. The number of carboxylic acid groups (broad SMARTS) is 1. The van der Waals surface area contributed by atoms with Gasteiger partial charge in [0.15, 0.2) is 5.96 Å². The van der Waals surface area contributed by atoms with Crippen LogP contribution in [0.5, 0.6) is 11.5 Å². The van der Waals surface area contributed by atoms with Crippen molar-refractivity contribution in [1.29, 1.82) is 0 Å². The molecule has 0 fully saturated rings. The van der Waals surface area contributed by atoms with Crippen molar-refractivity contribution in [3.8, 4) is 11.5 Å². The van der Waals surface area contributed by atoms with E-state index in [-0.39, 0.29) is 49.0 Å². The summed E-state index contributed by atoms with van der Waals surface area (Å²) in [6.45, 7) is 0.176. The molecule has 2 aromatic carbocycles. The average Bonchev–Trinajstić information content (AvgIpc) is 2.95. The molecule has 0 saturated heterocycles. The van der Waals surface area contributed by atoms with Gasteiger partial charge in [-0.05, 0) is 48.2 Å². The summed E-state index contributed by atoms with van der Waals surface area (Å²) in [6.07, 6.45) is 0.245. The van der Waals surface area contributed by atoms with Gasteiger partial charge >= 0.3 is 5.97 Å². The van der Waals surface area contributed by atoms with Crippen molar-refractivity contribution in [2.75, 3.05) is 12.3 Å². The second-order valence-electron chi connectivity index (χ2n) is 9.50. The average molecular weight is 604 g/mol. The van der Waals surface area contributed by atoms with Crippen LogP contribution in [-0.2, 0) is 32.0 Å². The lowest BCUT2D eigenvalue weighted by molar-refractivity contribution is -0.142. The Kier molecular flexibility index (Phi) is 13.4. The Morgan fingerprint density at radius 2 is 1.21 bits per heavy atom. The fraction of sp³-hybridized carbons (Fsp3) is 0.370. The highest BCUT2D eigenvalue weighted by molar-refractivity contribution is 7.80. The topological polar surface area (TPSA) is 255 Å². The van der Waals surface area contributed by atoms with Crippen LogP contribution in [0.2, 0.25) is 0 Å². The monoisotopic (exact) mass is 603 g/mol. The minimum absolute atomic E-state index is 0.00149. The zero-order valence-corrected chi connectivity index (χ0v) is 23.7. The van der Waals surface area contributed by atoms with Crippen molar-refractivity contribution in [2.45, 2.75) is 49.9 Å². The maximum atomic E-state index is 13.4. The third-order valence-corrected chi connectivity index (χ3v) is 6.51. The summed E-state index contributed by atoms with van der Waals surface area (Å²) in [7, 11) is 0. The first kappa shape index (κ1) is 33.7. The van der Waals surface area contributed by atoms with E-state index >= 15 is 0 Å². The molecular formula is C27H37N7O7S. The Hall–Kier alpha value is -4.50. The number of thiol groups is 1. The molecule has 0 aromatic heterocycles. The van der Waals surface area contributed by atoms with E-state index in [1.807, 2.05) is 0 Å². The second-order valence-corrected chi connectivity index (χ2v) is 9.87. The van der Waals surface area contributed by atoms with E-state index in [0.717, 1.165) is 0 Å². The van der Waals surface area contributed by atoms with Gasteiger partial charge in [-0.1, -0.05) is 24.3 Å². The van der Waals surface area contributed by atoms with Crippen molar-refractivity contribution < 1.29 is 34.5 Å². The van der Waals surface area contributed by atoms with Gasteiger partial charge in [0.25, 0.3) is 0 Å².